The monoisotopic (exact) mass is 291 g/mol. The average Bonchev–Trinajstić information content (AvgIpc) is 2.57. The minimum Gasteiger partial charge on any atom is -0.461 e. The predicted molar refractivity (Wildman–Crippen MR) is 83.2 cm³/mol. The highest BCUT2D eigenvalue weighted by Crippen LogP contribution is 2.25. The second kappa shape index (κ2) is 4.77. The van der Waals surface area contributed by atoms with Crippen molar-refractivity contribution in [1.82, 2.24) is 4.98 Å². The number of halogens is 1. The highest BCUT2D eigenvalue weighted by Gasteiger charge is 2.08. The molecule has 0 unspecified atom stereocenters. The molecule has 0 aliphatic carbocycles. The quantitative estimate of drug-likeness (QED) is 0.529. The molecule has 22 heavy (non-hydrogen) atoms. The summed E-state index contributed by atoms with van der Waals surface area (Å²) in [5.41, 5.74) is 2.40. The highest BCUT2D eigenvalue weighted by molar-refractivity contribution is 5.86. The Kier molecular flexibility index (Phi) is 2.76. The molecule has 0 amide bonds. The van der Waals surface area contributed by atoms with E-state index >= 15 is 0 Å². The molecule has 0 bridgehead atoms. The van der Waals surface area contributed by atoms with Crippen molar-refractivity contribution in [3.05, 3.63) is 77.0 Å². The van der Waals surface area contributed by atoms with Gasteiger partial charge in [0.25, 0.3) is 0 Å². The van der Waals surface area contributed by atoms with Crippen LogP contribution in [0.4, 0.5) is 4.39 Å². The molecule has 4 heteroatoms. The summed E-state index contributed by atoms with van der Waals surface area (Å²) in [6.07, 6.45) is 2.61. The third kappa shape index (κ3) is 1.97. The molecule has 0 atom stereocenters. The second-order valence-corrected chi connectivity index (χ2v) is 5.04. The van der Waals surface area contributed by atoms with E-state index < -0.39 is 11.2 Å². The molecule has 3 nitrogen and oxygen atoms in total. The van der Waals surface area contributed by atoms with Gasteiger partial charge in [0.15, 0.2) is 0 Å². The molecule has 0 spiro atoms. The fraction of sp³-hybridized carbons (Fsp3) is 0. The smallest absolute Gasteiger partial charge is 0.228 e. The third-order valence-corrected chi connectivity index (χ3v) is 3.66. The normalized spacial score (nSPS) is 11.1. The summed E-state index contributed by atoms with van der Waals surface area (Å²) in [7, 11) is 0. The first-order valence-corrected chi connectivity index (χ1v) is 6.78. The van der Waals surface area contributed by atoms with Gasteiger partial charge < -0.3 is 4.42 Å². The Balaban J connectivity index is 1.92. The van der Waals surface area contributed by atoms with Crippen LogP contribution in [0, 0.1) is 5.82 Å². The molecular formula is C18H10FNO2. The van der Waals surface area contributed by atoms with E-state index in [1.807, 2.05) is 30.3 Å². The van der Waals surface area contributed by atoms with Gasteiger partial charge in [0.1, 0.15) is 11.8 Å². The number of rotatable bonds is 1. The topological polar surface area (TPSA) is 43.1 Å². The molecule has 106 valence electrons. The van der Waals surface area contributed by atoms with E-state index in [4.69, 9.17) is 4.42 Å². The van der Waals surface area contributed by atoms with Gasteiger partial charge in [-0.15, -0.1) is 0 Å². The first-order valence-electron chi connectivity index (χ1n) is 6.78. The van der Waals surface area contributed by atoms with Crippen molar-refractivity contribution in [3.63, 3.8) is 0 Å². The Labute approximate surface area is 124 Å². The van der Waals surface area contributed by atoms with E-state index in [9.17, 15) is 9.18 Å². The molecular weight excluding hydrogens is 281 g/mol. The van der Waals surface area contributed by atoms with Crippen LogP contribution in [0.2, 0.25) is 0 Å². The summed E-state index contributed by atoms with van der Waals surface area (Å²) >= 11 is 0. The van der Waals surface area contributed by atoms with E-state index in [1.165, 1.54) is 0 Å². The maximum absolute atomic E-state index is 13.2. The number of para-hydroxylation sites is 1. The van der Waals surface area contributed by atoms with Gasteiger partial charge in [-0.05, 0) is 29.8 Å². The molecule has 0 radical (unpaired) electrons. The fourth-order valence-corrected chi connectivity index (χ4v) is 2.51. The first kappa shape index (κ1) is 12.7. The number of pyridine rings is 1. The van der Waals surface area contributed by atoms with Gasteiger partial charge in [0, 0.05) is 17.1 Å². The summed E-state index contributed by atoms with van der Waals surface area (Å²) in [6.45, 7) is 0. The zero-order chi connectivity index (χ0) is 15.1. The fourth-order valence-electron chi connectivity index (χ4n) is 2.51. The van der Waals surface area contributed by atoms with Gasteiger partial charge in [0.2, 0.25) is 11.2 Å². The van der Waals surface area contributed by atoms with Crippen molar-refractivity contribution in [1.29, 1.82) is 0 Å². The van der Waals surface area contributed by atoms with E-state index in [2.05, 4.69) is 4.98 Å². The van der Waals surface area contributed by atoms with Crippen LogP contribution in [0.15, 0.2) is 70.2 Å². The van der Waals surface area contributed by atoms with Crippen molar-refractivity contribution < 1.29 is 8.81 Å². The van der Waals surface area contributed by atoms with Crippen LogP contribution in [0.5, 0.6) is 0 Å². The Hall–Kier alpha value is -3.01. The molecule has 0 fully saturated rings. The maximum Gasteiger partial charge on any atom is 0.228 e. The SMILES string of the molecule is O=c1c(F)coc2cc(-c3cnc4ccccc4c3)ccc12. The van der Waals surface area contributed by atoms with Gasteiger partial charge in [-0.1, -0.05) is 24.3 Å². The largest absolute Gasteiger partial charge is 0.461 e. The van der Waals surface area contributed by atoms with Crippen molar-refractivity contribution in [2.75, 3.05) is 0 Å². The lowest BCUT2D eigenvalue weighted by atomic mass is 10.0. The van der Waals surface area contributed by atoms with Crippen LogP contribution >= 0.6 is 0 Å². The molecule has 4 rings (SSSR count). The highest BCUT2D eigenvalue weighted by atomic mass is 19.1. The van der Waals surface area contributed by atoms with Crippen molar-refractivity contribution in [2.24, 2.45) is 0 Å². The summed E-state index contributed by atoms with van der Waals surface area (Å²) in [6, 6.07) is 14.9. The number of hydrogen-bond acceptors (Lipinski definition) is 3. The van der Waals surface area contributed by atoms with Crippen LogP contribution in [0.3, 0.4) is 0 Å². The number of benzene rings is 2. The minimum atomic E-state index is -0.882. The Morgan fingerprint density at radius 3 is 2.77 bits per heavy atom. The van der Waals surface area contributed by atoms with E-state index in [-0.39, 0.29) is 5.39 Å². The molecule has 0 saturated heterocycles. The van der Waals surface area contributed by atoms with E-state index in [0.717, 1.165) is 28.3 Å². The summed E-state index contributed by atoms with van der Waals surface area (Å²) in [5, 5.41) is 1.26. The van der Waals surface area contributed by atoms with Crippen LogP contribution in [0.1, 0.15) is 0 Å². The predicted octanol–water partition coefficient (Wildman–Crippen LogP) is 4.15. The molecule has 0 aliphatic rings. The number of aromatic nitrogens is 1. The summed E-state index contributed by atoms with van der Waals surface area (Å²) in [4.78, 5) is 16.1. The van der Waals surface area contributed by atoms with E-state index in [1.54, 1.807) is 24.4 Å². The van der Waals surface area contributed by atoms with Crippen LogP contribution in [0.25, 0.3) is 33.0 Å². The number of fused-ring (bicyclic) bond motifs is 2. The minimum absolute atomic E-state index is 0.234. The lowest BCUT2D eigenvalue weighted by Crippen LogP contribution is -2.05. The Morgan fingerprint density at radius 2 is 1.86 bits per heavy atom. The molecule has 0 saturated carbocycles. The van der Waals surface area contributed by atoms with E-state index in [0.29, 0.717) is 5.58 Å². The third-order valence-electron chi connectivity index (χ3n) is 3.66. The Morgan fingerprint density at radius 1 is 1.00 bits per heavy atom. The first-order chi connectivity index (χ1) is 10.7. The maximum atomic E-state index is 13.2. The zero-order valence-electron chi connectivity index (χ0n) is 11.4. The molecule has 0 N–H and O–H groups in total. The Bertz CT molecular complexity index is 1070. The lowest BCUT2D eigenvalue weighted by molar-refractivity contribution is 0.520. The van der Waals surface area contributed by atoms with Crippen LogP contribution in [-0.4, -0.2) is 4.98 Å². The van der Waals surface area contributed by atoms with Crippen molar-refractivity contribution >= 4 is 21.9 Å². The van der Waals surface area contributed by atoms with Gasteiger partial charge in [0.05, 0.1) is 10.9 Å². The van der Waals surface area contributed by atoms with Gasteiger partial charge >= 0.3 is 0 Å². The van der Waals surface area contributed by atoms with Gasteiger partial charge in [-0.25, -0.2) is 0 Å². The van der Waals surface area contributed by atoms with Crippen LogP contribution < -0.4 is 5.43 Å². The van der Waals surface area contributed by atoms with Crippen molar-refractivity contribution in [3.8, 4) is 11.1 Å². The van der Waals surface area contributed by atoms with Crippen LogP contribution in [-0.2, 0) is 0 Å². The standard InChI is InChI=1S/C18H10FNO2/c19-15-10-22-17-8-11(5-6-14(17)18(15)21)13-7-12-3-1-2-4-16(12)20-9-13/h1-10H. The van der Waals surface area contributed by atoms with Crippen molar-refractivity contribution in [2.45, 2.75) is 0 Å². The molecule has 4 aromatic rings. The summed E-state index contributed by atoms with van der Waals surface area (Å²) < 4.78 is 18.4. The molecule has 2 aromatic heterocycles. The van der Waals surface area contributed by atoms with Gasteiger partial charge in [-0.3, -0.25) is 9.78 Å². The molecule has 0 aliphatic heterocycles. The zero-order valence-corrected chi connectivity index (χ0v) is 11.4. The lowest BCUT2D eigenvalue weighted by Gasteiger charge is -2.05. The number of hydrogen-bond donors (Lipinski definition) is 0. The molecule has 2 aromatic carbocycles. The second-order valence-electron chi connectivity index (χ2n) is 5.04. The summed E-state index contributed by atoms with van der Waals surface area (Å²) in [5.74, 6) is -0.882. The number of nitrogens with zero attached hydrogens (tertiary/aromatic N) is 1. The average molecular weight is 291 g/mol. The molecule has 2 heterocycles. The van der Waals surface area contributed by atoms with Gasteiger partial charge in [-0.2, -0.15) is 4.39 Å².